The summed E-state index contributed by atoms with van der Waals surface area (Å²) in [5.74, 6) is -0.411. The van der Waals surface area contributed by atoms with E-state index in [4.69, 9.17) is 16.0 Å². The van der Waals surface area contributed by atoms with Crippen LogP contribution in [0, 0.1) is 0 Å². The highest BCUT2D eigenvalue weighted by Gasteiger charge is 2.50. The summed E-state index contributed by atoms with van der Waals surface area (Å²) in [5.41, 5.74) is 0.808. The number of Topliss-reactive ketones (excluding diaryl/α,β-unsaturated/α-hetero) is 1. The molecule has 5 nitrogen and oxygen atoms in total. The van der Waals surface area contributed by atoms with Gasteiger partial charge in [-0.3, -0.25) is 9.59 Å². The first-order valence-corrected chi connectivity index (χ1v) is 11.6. The van der Waals surface area contributed by atoms with Gasteiger partial charge in [-0.1, -0.05) is 72.3 Å². The highest BCUT2D eigenvalue weighted by atomic mass is 35.5. The zero-order valence-corrected chi connectivity index (χ0v) is 19.5. The highest BCUT2D eigenvalue weighted by molar-refractivity contribution is 6.30. The molecule has 0 saturated carbocycles. The van der Waals surface area contributed by atoms with Crippen LogP contribution in [-0.4, -0.2) is 23.3 Å². The maximum absolute atomic E-state index is 13.4. The number of anilines is 1. The molecule has 1 amide bonds. The number of carbonyl (C=O) groups excluding carboxylic acids is 2. The maximum Gasteiger partial charge on any atom is 0.264 e. The van der Waals surface area contributed by atoms with Gasteiger partial charge in [-0.25, -0.2) is 0 Å². The normalized spacial score (nSPS) is 17.2. The quantitative estimate of drug-likeness (QED) is 0.321. The number of hydrogen-bond acceptors (Lipinski definition) is 4. The molecule has 0 spiro atoms. The molecule has 4 aromatic rings. The van der Waals surface area contributed by atoms with Crippen LogP contribution in [0.1, 0.15) is 28.1 Å². The van der Waals surface area contributed by atoms with Crippen LogP contribution >= 0.6 is 11.6 Å². The van der Waals surface area contributed by atoms with Gasteiger partial charge >= 0.3 is 0 Å². The molecule has 3 aromatic carbocycles. The Morgan fingerprint density at radius 2 is 1.66 bits per heavy atom. The summed E-state index contributed by atoms with van der Waals surface area (Å²) >= 11 is 5.94. The Morgan fingerprint density at radius 1 is 0.943 bits per heavy atom. The van der Waals surface area contributed by atoms with E-state index < -0.39 is 23.7 Å². The second kappa shape index (κ2) is 9.37. The summed E-state index contributed by atoms with van der Waals surface area (Å²) in [5, 5.41) is 12.1. The number of fused-ring (bicyclic) bond motifs is 1. The summed E-state index contributed by atoms with van der Waals surface area (Å²) < 4.78 is 5.75. The van der Waals surface area contributed by atoms with Crippen LogP contribution < -0.4 is 4.90 Å². The van der Waals surface area contributed by atoms with Gasteiger partial charge in [0.15, 0.2) is 11.4 Å². The van der Waals surface area contributed by atoms with Gasteiger partial charge in [0, 0.05) is 22.7 Å². The third-order valence-electron chi connectivity index (χ3n) is 6.06. The van der Waals surface area contributed by atoms with Crippen LogP contribution in [0.3, 0.4) is 0 Å². The molecular weight excluding hydrogens is 462 g/mol. The van der Waals surface area contributed by atoms with Gasteiger partial charge in [-0.05, 0) is 48.0 Å². The molecule has 2 heterocycles. The summed E-state index contributed by atoms with van der Waals surface area (Å²) in [6.07, 6.45) is 3.36. The van der Waals surface area contributed by atoms with Crippen LogP contribution in [-0.2, 0) is 10.4 Å². The zero-order valence-electron chi connectivity index (χ0n) is 18.7. The molecule has 1 aromatic heterocycles. The molecule has 1 aliphatic rings. The predicted molar refractivity (Wildman–Crippen MR) is 136 cm³/mol. The number of ketones is 1. The fourth-order valence-corrected chi connectivity index (χ4v) is 4.42. The van der Waals surface area contributed by atoms with Crippen molar-refractivity contribution in [1.82, 2.24) is 0 Å². The van der Waals surface area contributed by atoms with Crippen molar-refractivity contribution in [3.63, 3.8) is 0 Å². The van der Waals surface area contributed by atoms with Gasteiger partial charge in [0.05, 0.1) is 12.1 Å². The van der Waals surface area contributed by atoms with Gasteiger partial charge < -0.3 is 14.4 Å². The largest absolute Gasteiger partial charge is 0.453 e. The molecule has 1 atom stereocenters. The smallest absolute Gasteiger partial charge is 0.264 e. The molecule has 174 valence electrons. The average molecular weight is 484 g/mol. The number of amides is 1. The number of rotatable bonds is 7. The van der Waals surface area contributed by atoms with Gasteiger partial charge in [0.2, 0.25) is 5.78 Å². The van der Waals surface area contributed by atoms with Gasteiger partial charge in [0.25, 0.3) is 5.91 Å². The average Bonchev–Trinajstić information content (AvgIpc) is 3.44. The molecule has 1 N–H and O–H groups in total. The number of hydrogen-bond donors (Lipinski definition) is 1. The Bertz CT molecular complexity index is 1410. The van der Waals surface area contributed by atoms with Crippen LogP contribution in [0.25, 0.3) is 17.4 Å². The minimum absolute atomic E-state index is 0.0797. The molecular formula is C29H22ClNO4. The number of halogens is 1. The van der Waals surface area contributed by atoms with Crippen molar-refractivity contribution < 1.29 is 19.1 Å². The third-order valence-corrected chi connectivity index (χ3v) is 6.32. The Balaban J connectivity index is 1.37. The molecule has 0 saturated heterocycles. The van der Waals surface area contributed by atoms with Crippen molar-refractivity contribution in [2.24, 2.45) is 0 Å². The first-order valence-electron chi connectivity index (χ1n) is 11.2. The van der Waals surface area contributed by atoms with Crippen LogP contribution in [0.2, 0.25) is 5.02 Å². The van der Waals surface area contributed by atoms with Crippen molar-refractivity contribution in [3.05, 3.63) is 119 Å². The lowest BCUT2D eigenvalue weighted by Gasteiger charge is -2.21. The number of nitrogens with zero attached hydrogens (tertiary/aromatic N) is 1. The Kier molecular flexibility index (Phi) is 6.12. The van der Waals surface area contributed by atoms with E-state index in [0.29, 0.717) is 22.0 Å². The summed E-state index contributed by atoms with van der Waals surface area (Å²) in [6.45, 7) is 0.267. The second-order valence-electron chi connectivity index (χ2n) is 8.38. The van der Waals surface area contributed by atoms with Crippen molar-refractivity contribution >= 4 is 35.1 Å². The lowest BCUT2D eigenvalue weighted by Crippen LogP contribution is -2.41. The van der Waals surface area contributed by atoms with E-state index in [-0.39, 0.29) is 12.3 Å². The highest BCUT2D eigenvalue weighted by Crippen LogP contribution is 2.43. The van der Waals surface area contributed by atoms with Gasteiger partial charge in [-0.2, -0.15) is 0 Å². The monoisotopic (exact) mass is 483 g/mol. The van der Waals surface area contributed by atoms with Crippen molar-refractivity contribution in [1.29, 1.82) is 0 Å². The number of aliphatic hydroxyl groups is 1. The van der Waals surface area contributed by atoms with Crippen LogP contribution in [0.15, 0.2) is 101 Å². The Morgan fingerprint density at radius 3 is 2.43 bits per heavy atom. The fourth-order valence-electron chi connectivity index (χ4n) is 4.29. The molecule has 0 bridgehead atoms. The maximum atomic E-state index is 13.4. The van der Waals surface area contributed by atoms with E-state index in [9.17, 15) is 14.7 Å². The van der Waals surface area contributed by atoms with E-state index >= 15 is 0 Å². The van der Waals surface area contributed by atoms with E-state index in [2.05, 4.69) is 0 Å². The Labute approximate surface area is 207 Å². The molecule has 1 aliphatic heterocycles. The lowest BCUT2D eigenvalue weighted by atomic mass is 9.89. The van der Waals surface area contributed by atoms with Gasteiger partial charge in [-0.15, -0.1) is 0 Å². The summed E-state index contributed by atoms with van der Waals surface area (Å²) in [6, 6.07) is 27.0. The van der Waals surface area contributed by atoms with Gasteiger partial charge in [0.1, 0.15) is 5.76 Å². The third kappa shape index (κ3) is 4.44. The Hall–Kier alpha value is -3.93. The first kappa shape index (κ1) is 22.8. The van der Waals surface area contributed by atoms with Crippen LogP contribution in [0.4, 0.5) is 5.69 Å². The summed E-state index contributed by atoms with van der Waals surface area (Å²) in [4.78, 5) is 28.0. The van der Waals surface area contributed by atoms with E-state index in [1.165, 1.54) is 4.90 Å². The summed E-state index contributed by atoms with van der Waals surface area (Å²) in [7, 11) is 0. The second-order valence-corrected chi connectivity index (χ2v) is 8.81. The van der Waals surface area contributed by atoms with E-state index in [1.807, 2.05) is 42.5 Å². The number of para-hydroxylation sites is 1. The molecule has 6 heteroatoms. The first-order chi connectivity index (χ1) is 17.0. The molecule has 35 heavy (non-hydrogen) atoms. The van der Waals surface area contributed by atoms with Crippen molar-refractivity contribution in [2.75, 3.05) is 11.4 Å². The number of benzene rings is 3. The molecule has 0 radical (unpaired) electrons. The molecule has 5 rings (SSSR count). The van der Waals surface area contributed by atoms with Crippen molar-refractivity contribution in [2.45, 2.75) is 12.0 Å². The van der Waals surface area contributed by atoms with Crippen molar-refractivity contribution in [3.8, 4) is 11.3 Å². The number of carbonyl (C=O) groups is 2. The molecule has 1 unspecified atom stereocenters. The standard InChI is InChI=1S/C29H22ClNO4/c30-22-14-12-21(13-15-22)26-16-17-27(35-26)25(32)19-29(34)23-10-4-5-11-24(23)31(28(29)33)18-6-9-20-7-2-1-3-8-20/h1-17,34H,18-19H2/b9-6+. The zero-order chi connectivity index (χ0) is 24.4. The predicted octanol–water partition coefficient (Wildman–Crippen LogP) is 6.12. The topological polar surface area (TPSA) is 70.8 Å². The fraction of sp³-hybridized carbons (Fsp3) is 0.103. The van der Waals surface area contributed by atoms with E-state index in [0.717, 1.165) is 11.1 Å². The SMILES string of the molecule is O=C(CC1(O)C(=O)N(C/C=C/c2ccccc2)c2ccccc21)c1ccc(-c2ccc(Cl)cc2)o1. The van der Waals surface area contributed by atoms with E-state index in [1.54, 1.807) is 60.7 Å². The molecule has 0 aliphatic carbocycles. The lowest BCUT2D eigenvalue weighted by molar-refractivity contribution is -0.135. The van der Waals surface area contributed by atoms with Crippen LogP contribution in [0.5, 0.6) is 0 Å². The number of furan rings is 1. The minimum Gasteiger partial charge on any atom is -0.453 e. The minimum atomic E-state index is -1.97. The molecule has 0 fully saturated rings.